The molecule has 0 aromatic carbocycles. The number of aliphatic carboxylic acids is 2. The molecule has 11 atom stereocenters. The first-order chi connectivity index (χ1) is 36.4. The number of carbonyl (C=O) groups is 13. The third kappa shape index (κ3) is 22.0. The van der Waals surface area contributed by atoms with Gasteiger partial charge in [0.1, 0.15) is 54.4 Å². The van der Waals surface area contributed by atoms with Crippen LogP contribution in [0.2, 0.25) is 0 Å². The Kier molecular flexibility index (Phi) is 26.5. The molecule has 1 aliphatic rings. The Balaban J connectivity index is 2.28. The van der Waals surface area contributed by atoms with Crippen LogP contribution in [0.3, 0.4) is 0 Å². The van der Waals surface area contributed by atoms with Crippen LogP contribution in [0.25, 0.3) is 0 Å². The Morgan fingerprint density at radius 2 is 1.24 bits per heavy atom. The lowest BCUT2D eigenvalue weighted by Crippen LogP contribution is -2.62. The van der Waals surface area contributed by atoms with Gasteiger partial charge in [0.15, 0.2) is 5.96 Å². The predicted octanol–water partition coefficient (Wildman–Crippen LogP) is -8.02. The number of guanidine groups is 1. The molecular formula is C45H73N17O16. The topological polar surface area (TPSA) is 553 Å². The molecule has 1 aromatic heterocycles. The van der Waals surface area contributed by atoms with Crippen LogP contribution in [-0.4, -0.2) is 193 Å². The second-order valence-corrected chi connectivity index (χ2v) is 18.8. The Labute approximate surface area is 446 Å². The summed E-state index contributed by atoms with van der Waals surface area (Å²) in [5.74, 6) is -14.7. The number of aromatic nitrogens is 2. The number of nitrogens with zero attached hydrogens (tertiary/aromatic N) is 3. The van der Waals surface area contributed by atoms with E-state index in [1.165, 1.54) is 40.2 Å². The number of imidazole rings is 1. The van der Waals surface area contributed by atoms with Gasteiger partial charge in [-0.2, -0.15) is 0 Å². The van der Waals surface area contributed by atoms with Gasteiger partial charge in [0.2, 0.25) is 65.0 Å². The lowest BCUT2D eigenvalue weighted by atomic mass is 10.0. The van der Waals surface area contributed by atoms with E-state index in [-0.39, 0.29) is 51.2 Å². The smallest absolute Gasteiger partial charge is 0.326 e. The fourth-order valence-corrected chi connectivity index (χ4v) is 7.65. The summed E-state index contributed by atoms with van der Waals surface area (Å²) >= 11 is 0. The van der Waals surface area contributed by atoms with Crippen LogP contribution in [0.1, 0.15) is 91.7 Å². The molecule has 434 valence electrons. The third-order valence-corrected chi connectivity index (χ3v) is 11.9. The fraction of sp³-hybridized carbons (Fsp3) is 0.622. The summed E-state index contributed by atoms with van der Waals surface area (Å²) in [6.07, 6.45) is -1.42. The van der Waals surface area contributed by atoms with E-state index in [9.17, 15) is 72.5 Å². The molecule has 11 amide bonds. The Morgan fingerprint density at radius 1 is 0.679 bits per heavy atom. The van der Waals surface area contributed by atoms with Gasteiger partial charge in [-0.3, -0.25) is 62.5 Å². The van der Waals surface area contributed by atoms with Crippen molar-refractivity contribution in [3.05, 3.63) is 18.2 Å². The average Bonchev–Trinajstić information content (AvgIpc) is 4.06. The summed E-state index contributed by atoms with van der Waals surface area (Å²) in [5.41, 5.74) is 27.2. The quantitative estimate of drug-likeness (QED) is 0.0177. The minimum Gasteiger partial charge on any atom is -0.481 e. The standard InChI is InChI=1S/C45H73N17O16/c1-19(2)33(41(74)56-25(10-11-30(47)64)38(71)57-26(44(77)78)8-6-12-52-45(49)50)60-39(72)27(16-31(48)65)58-42(75)34(22(5)63)61-40(73)29-9-7-13-62(29)43(76)28(14-23-17-51-18-53-23)59-36(69)21(4)54-35(68)20(3)55-37(70)24(46)15-32(66)67/h17-22,24-29,33-34,63H,6-16,46H2,1-5H3,(H2,47,64)(H2,48,65)(H,51,53)(H,54,68)(H,55,70)(H,56,74)(H,57,71)(H,58,75)(H,59,69)(H,60,72)(H,61,73)(H,66,67)(H,77,78)(H4,49,50,52)/t20-,21-,22+,24-,25-,26-,27-,28-,29-,33-,34-/m0/s1. The molecule has 2 heterocycles. The maximum atomic E-state index is 14.3. The zero-order chi connectivity index (χ0) is 59.1. The van der Waals surface area contributed by atoms with Gasteiger partial charge in [-0.1, -0.05) is 13.8 Å². The summed E-state index contributed by atoms with van der Waals surface area (Å²) in [4.78, 5) is 180. The number of carbonyl (C=O) groups excluding carboxylic acids is 11. The highest BCUT2D eigenvalue weighted by molar-refractivity contribution is 6.00. The third-order valence-electron chi connectivity index (χ3n) is 11.9. The summed E-state index contributed by atoms with van der Waals surface area (Å²) in [7, 11) is 0. The van der Waals surface area contributed by atoms with E-state index in [4.69, 9.17) is 33.8 Å². The molecule has 33 nitrogen and oxygen atoms in total. The molecule has 0 bridgehead atoms. The number of H-pyrrole nitrogens is 1. The van der Waals surface area contributed by atoms with Crippen LogP contribution >= 0.6 is 0 Å². The van der Waals surface area contributed by atoms with Gasteiger partial charge in [-0.25, -0.2) is 9.78 Å². The first-order valence-electron chi connectivity index (χ1n) is 24.6. The number of primary amides is 2. The molecule has 1 saturated heterocycles. The van der Waals surface area contributed by atoms with Crippen molar-refractivity contribution < 1.29 is 77.6 Å². The second kappa shape index (κ2) is 31.5. The SMILES string of the molecule is CC(C)[C@H](NC(=O)[C@H](CC(N)=O)NC(=O)[C@@H](NC(=O)[C@@H]1CCCN1C(=O)[C@H](Cc1cnc[nH]1)NC(=O)[C@H](C)NC(=O)[C@H](C)NC(=O)[C@@H](N)CC(=O)O)[C@@H](C)O)C(=O)N[C@@H](CCC(N)=O)C(=O)N[C@@H](CCCN=C(N)N)C(=O)O. The largest absolute Gasteiger partial charge is 0.481 e. The number of hydrogen-bond acceptors (Lipinski definition) is 17. The lowest BCUT2D eigenvalue weighted by Gasteiger charge is -2.31. The van der Waals surface area contributed by atoms with Crippen LogP contribution in [0.4, 0.5) is 0 Å². The number of carboxylic acid groups (broad SMARTS) is 2. The van der Waals surface area contributed by atoms with E-state index in [1.54, 1.807) is 0 Å². The van der Waals surface area contributed by atoms with Crippen molar-refractivity contribution in [2.45, 2.75) is 159 Å². The van der Waals surface area contributed by atoms with Crippen molar-refractivity contribution >= 4 is 82.9 Å². The monoisotopic (exact) mass is 1110 g/mol. The number of aliphatic imine (C=N–C) groups is 1. The van der Waals surface area contributed by atoms with E-state index in [2.05, 4.69) is 57.5 Å². The molecule has 1 aliphatic heterocycles. The number of nitrogens with two attached hydrogens (primary N) is 5. The molecule has 2 rings (SSSR count). The number of amides is 11. The number of aromatic amines is 1. The van der Waals surface area contributed by atoms with Gasteiger partial charge in [0, 0.05) is 37.8 Å². The number of nitrogens with one attached hydrogen (secondary N) is 9. The van der Waals surface area contributed by atoms with Crippen LogP contribution in [-0.2, 0) is 68.7 Å². The molecular weight excluding hydrogens is 1030 g/mol. The van der Waals surface area contributed by atoms with Crippen molar-refractivity contribution in [3.63, 3.8) is 0 Å². The lowest BCUT2D eigenvalue weighted by molar-refractivity contribution is -0.143. The molecule has 0 unspecified atom stereocenters. The van der Waals surface area contributed by atoms with Crippen LogP contribution in [0.15, 0.2) is 17.5 Å². The number of carboxylic acids is 2. The molecule has 0 saturated carbocycles. The Bertz CT molecular complexity index is 2360. The van der Waals surface area contributed by atoms with E-state index in [0.717, 1.165) is 11.8 Å². The van der Waals surface area contributed by atoms with E-state index in [0.29, 0.717) is 5.69 Å². The summed E-state index contributed by atoms with van der Waals surface area (Å²) in [6, 6.07) is -15.1. The number of rotatable bonds is 33. The Morgan fingerprint density at radius 3 is 1.78 bits per heavy atom. The Hall–Kier alpha value is -8.49. The highest BCUT2D eigenvalue weighted by atomic mass is 16.4. The summed E-state index contributed by atoms with van der Waals surface area (Å²) < 4.78 is 0. The molecule has 1 fully saturated rings. The van der Waals surface area contributed by atoms with Gasteiger partial charge in [-0.15, -0.1) is 0 Å². The van der Waals surface area contributed by atoms with Crippen molar-refractivity contribution in [1.29, 1.82) is 0 Å². The zero-order valence-corrected chi connectivity index (χ0v) is 43.7. The van der Waals surface area contributed by atoms with Crippen molar-refractivity contribution in [1.82, 2.24) is 57.4 Å². The fourth-order valence-electron chi connectivity index (χ4n) is 7.65. The molecule has 0 radical (unpaired) electrons. The number of likely N-dealkylation sites (tertiary alicyclic amines) is 1. The second-order valence-electron chi connectivity index (χ2n) is 18.8. The molecule has 0 aliphatic carbocycles. The van der Waals surface area contributed by atoms with E-state index < -0.39 is 175 Å². The number of aliphatic hydroxyl groups excluding tert-OH is 1. The zero-order valence-electron chi connectivity index (χ0n) is 43.7. The molecule has 33 heteroatoms. The predicted molar refractivity (Wildman–Crippen MR) is 270 cm³/mol. The number of hydrogen-bond donors (Lipinski definition) is 17. The molecule has 0 spiro atoms. The minimum atomic E-state index is -1.86. The van der Waals surface area contributed by atoms with Gasteiger partial charge < -0.3 is 96.4 Å². The van der Waals surface area contributed by atoms with Crippen molar-refractivity contribution in [2.24, 2.45) is 39.6 Å². The minimum absolute atomic E-state index is 0.0277. The van der Waals surface area contributed by atoms with Gasteiger partial charge in [0.25, 0.3) is 0 Å². The molecule has 78 heavy (non-hydrogen) atoms. The maximum absolute atomic E-state index is 14.3. The van der Waals surface area contributed by atoms with E-state index in [1.807, 2.05) is 0 Å². The van der Waals surface area contributed by atoms with Gasteiger partial charge in [-0.05, 0) is 58.8 Å². The average molecular weight is 1110 g/mol. The number of aliphatic hydroxyl groups is 1. The van der Waals surface area contributed by atoms with Crippen molar-refractivity contribution in [3.8, 4) is 0 Å². The van der Waals surface area contributed by atoms with Crippen molar-refractivity contribution in [2.75, 3.05) is 13.1 Å². The highest BCUT2D eigenvalue weighted by Crippen LogP contribution is 2.20. The van der Waals surface area contributed by atoms with Gasteiger partial charge in [0.05, 0.1) is 31.3 Å². The van der Waals surface area contributed by atoms with E-state index >= 15 is 0 Å². The van der Waals surface area contributed by atoms with Crippen LogP contribution in [0.5, 0.6) is 0 Å². The van der Waals surface area contributed by atoms with Crippen LogP contribution in [0, 0.1) is 5.92 Å². The maximum Gasteiger partial charge on any atom is 0.326 e. The summed E-state index contributed by atoms with van der Waals surface area (Å²) in [5, 5.41) is 48.2. The normalized spacial score (nSPS) is 16.8. The van der Waals surface area contributed by atoms with Gasteiger partial charge >= 0.3 is 11.9 Å². The molecule has 22 N–H and O–H groups in total. The van der Waals surface area contributed by atoms with Crippen LogP contribution < -0.4 is 71.2 Å². The molecule has 1 aromatic rings. The summed E-state index contributed by atoms with van der Waals surface area (Å²) in [6.45, 7) is 6.60. The highest BCUT2D eigenvalue weighted by Gasteiger charge is 2.41. The first-order valence-corrected chi connectivity index (χ1v) is 24.6. The first kappa shape index (κ1) is 65.6.